The summed E-state index contributed by atoms with van der Waals surface area (Å²) in [6.07, 6.45) is -0.911. The summed E-state index contributed by atoms with van der Waals surface area (Å²) >= 11 is 0. The van der Waals surface area contributed by atoms with Gasteiger partial charge >= 0.3 is 5.97 Å². The summed E-state index contributed by atoms with van der Waals surface area (Å²) in [6.45, 7) is 7.70. The molecule has 0 saturated carbocycles. The van der Waals surface area contributed by atoms with Gasteiger partial charge in [0.05, 0.1) is 5.56 Å². The van der Waals surface area contributed by atoms with Gasteiger partial charge in [0.2, 0.25) is 0 Å². The van der Waals surface area contributed by atoms with Crippen molar-refractivity contribution < 1.29 is 14.3 Å². The molecule has 0 heterocycles. The predicted octanol–water partition coefficient (Wildman–Crippen LogP) is 5.46. The Kier molecular flexibility index (Phi) is 5.78. The lowest BCUT2D eigenvalue weighted by Gasteiger charge is -2.19. The number of rotatable bonds is 5. The number of amides is 1. The Hall–Kier alpha value is -3.14. The maximum atomic E-state index is 12.7. The number of esters is 1. The van der Waals surface area contributed by atoms with Gasteiger partial charge in [-0.25, -0.2) is 4.79 Å². The van der Waals surface area contributed by atoms with E-state index in [-0.39, 0.29) is 11.8 Å². The largest absolute Gasteiger partial charge is 0.449 e. The van der Waals surface area contributed by atoms with E-state index in [4.69, 9.17) is 4.74 Å². The van der Waals surface area contributed by atoms with Gasteiger partial charge in [0.1, 0.15) is 0 Å². The molecule has 3 aromatic carbocycles. The normalized spacial score (nSPS) is 12.0. The molecule has 0 fully saturated rings. The molecule has 3 rings (SSSR count). The second-order valence-electron chi connectivity index (χ2n) is 7.26. The lowest BCUT2D eigenvalue weighted by atomic mass is 9.98. The van der Waals surface area contributed by atoms with Crippen molar-refractivity contribution in [2.45, 2.75) is 39.7 Å². The van der Waals surface area contributed by atoms with Crippen LogP contribution in [0.15, 0.2) is 60.7 Å². The average molecular weight is 375 g/mol. The van der Waals surface area contributed by atoms with Crippen LogP contribution in [0.3, 0.4) is 0 Å². The Balaban J connectivity index is 1.77. The van der Waals surface area contributed by atoms with Crippen molar-refractivity contribution in [3.8, 4) is 0 Å². The van der Waals surface area contributed by atoms with Crippen molar-refractivity contribution in [2.24, 2.45) is 0 Å². The van der Waals surface area contributed by atoms with Crippen LogP contribution in [0.2, 0.25) is 0 Å². The van der Waals surface area contributed by atoms with E-state index in [1.807, 2.05) is 61.5 Å². The fourth-order valence-electron chi connectivity index (χ4n) is 3.25. The molecule has 3 aromatic rings. The van der Waals surface area contributed by atoms with Gasteiger partial charge in [0, 0.05) is 5.69 Å². The zero-order valence-corrected chi connectivity index (χ0v) is 16.7. The first-order valence-electron chi connectivity index (χ1n) is 9.47. The molecule has 0 bridgehead atoms. The third-order valence-electron chi connectivity index (χ3n) is 4.84. The number of anilines is 1. The second-order valence-corrected chi connectivity index (χ2v) is 7.26. The number of fused-ring (bicyclic) bond motifs is 1. The Labute approximate surface area is 165 Å². The minimum absolute atomic E-state index is 0.267. The number of nitrogens with one attached hydrogen (secondary N) is 1. The molecule has 28 heavy (non-hydrogen) atoms. The van der Waals surface area contributed by atoms with E-state index in [9.17, 15) is 9.59 Å². The topological polar surface area (TPSA) is 55.4 Å². The van der Waals surface area contributed by atoms with Crippen molar-refractivity contribution in [3.05, 3.63) is 77.4 Å². The maximum absolute atomic E-state index is 12.7. The van der Waals surface area contributed by atoms with E-state index in [1.54, 1.807) is 13.0 Å². The summed E-state index contributed by atoms with van der Waals surface area (Å²) in [7, 11) is 0. The van der Waals surface area contributed by atoms with Gasteiger partial charge in [0.15, 0.2) is 6.10 Å². The molecular formula is C24H25NO3. The van der Waals surface area contributed by atoms with Crippen LogP contribution in [0.25, 0.3) is 10.8 Å². The van der Waals surface area contributed by atoms with Crippen LogP contribution in [-0.2, 0) is 9.53 Å². The number of ether oxygens (including phenoxy) is 1. The van der Waals surface area contributed by atoms with Crippen molar-refractivity contribution in [1.82, 2.24) is 0 Å². The smallest absolute Gasteiger partial charge is 0.339 e. The molecular weight excluding hydrogens is 350 g/mol. The van der Waals surface area contributed by atoms with E-state index < -0.39 is 12.1 Å². The van der Waals surface area contributed by atoms with E-state index in [0.29, 0.717) is 5.56 Å². The summed E-state index contributed by atoms with van der Waals surface area (Å²) < 4.78 is 5.47. The highest BCUT2D eigenvalue weighted by Crippen LogP contribution is 2.27. The van der Waals surface area contributed by atoms with Crippen LogP contribution in [-0.4, -0.2) is 18.0 Å². The minimum Gasteiger partial charge on any atom is -0.449 e. The van der Waals surface area contributed by atoms with Crippen molar-refractivity contribution >= 4 is 28.3 Å². The highest BCUT2D eigenvalue weighted by Gasteiger charge is 2.22. The van der Waals surface area contributed by atoms with Gasteiger partial charge in [0.25, 0.3) is 5.91 Å². The number of hydrogen-bond donors (Lipinski definition) is 1. The predicted molar refractivity (Wildman–Crippen MR) is 113 cm³/mol. The summed E-state index contributed by atoms with van der Waals surface area (Å²) in [6, 6.07) is 19.0. The third kappa shape index (κ3) is 4.06. The highest BCUT2D eigenvalue weighted by atomic mass is 16.5. The number of carbonyl (C=O) groups is 2. The third-order valence-corrected chi connectivity index (χ3v) is 4.84. The second kappa shape index (κ2) is 8.26. The molecule has 1 N–H and O–H groups in total. The number of aryl methyl sites for hydroxylation is 1. The number of benzene rings is 3. The molecule has 0 aliphatic carbocycles. The van der Waals surface area contributed by atoms with Gasteiger partial charge in [-0.15, -0.1) is 0 Å². The summed E-state index contributed by atoms with van der Waals surface area (Å²) in [5.74, 6) is -0.582. The van der Waals surface area contributed by atoms with Gasteiger partial charge in [-0.05, 0) is 47.7 Å². The molecule has 4 nitrogen and oxygen atoms in total. The van der Waals surface area contributed by atoms with Gasteiger partial charge in [-0.3, -0.25) is 4.79 Å². The van der Waals surface area contributed by atoms with Crippen LogP contribution < -0.4 is 5.32 Å². The van der Waals surface area contributed by atoms with Crippen molar-refractivity contribution in [2.75, 3.05) is 5.32 Å². The molecule has 1 amide bonds. The molecule has 0 saturated heterocycles. The van der Waals surface area contributed by atoms with Gasteiger partial charge < -0.3 is 10.1 Å². The Morgan fingerprint density at radius 3 is 2.32 bits per heavy atom. The van der Waals surface area contributed by atoms with E-state index in [0.717, 1.165) is 27.6 Å². The van der Waals surface area contributed by atoms with Crippen molar-refractivity contribution in [1.29, 1.82) is 0 Å². The minimum atomic E-state index is -0.911. The van der Waals surface area contributed by atoms with Gasteiger partial charge in [-0.1, -0.05) is 68.4 Å². The lowest BCUT2D eigenvalue weighted by molar-refractivity contribution is -0.123. The Morgan fingerprint density at radius 2 is 1.57 bits per heavy atom. The monoisotopic (exact) mass is 375 g/mol. The first kappa shape index (κ1) is 19.6. The fraction of sp³-hybridized carbons (Fsp3) is 0.250. The van der Waals surface area contributed by atoms with Crippen LogP contribution in [0, 0.1) is 6.92 Å². The number of para-hydroxylation sites is 1. The molecule has 0 aliphatic heterocycles. The van der Waals surface area contributed by atoms with Gasteiger partial charge in [-0.2, -0.15) is 0 Å². The summed E-state index contributed by atoms with van der Waals surface area (Å²) in [4.78, 5) is 25.3. The van der Waals surface area contributed by atoms with Crippen LogP contribution in [0.5, 0.6) is 0 Å². The van der Waals surface area contributed by atoms with E-state index in [2.05, 4.69) is 19.2 Å². The average Bonchev–Trinajstić information content (AvgIpc) is 2.68. The summed E-state index contributed by atoms with van der Waals surface area (Å²) in [5, 5.41) is 4.70. The van der Waals surface area contributed by atoms with Crippen LogP contribution in [0.4, 0.5) is 5.69 Å². The van der Waals surface area contributed by atoms with E-state index >= 15 is 0 Å². The molecule has 0 radical (unpaired) electrons. The lowest BCUT2D eigenvalue weighted by Crippen LogP contribution is -2.30. The van der Waals surface area contributed by atoms with E-state index in [1.165, 1.54) is 0 Å². The molecule has 0 aliphatic rings. The first-order valence-corrected chi connectivity index (χ1v) is 9.47. The molecule has 4 heteroatoms. The molecule has 0 spiro atoms. The zero-order chi connectivity index (χ0) is 20.3. The molecule has 144 valence electrons. The molecule has 0 unspecified atom stereocenters. The standard InChI is InChI=1S/C24H25NO3/c1-15(2)19-13-7-9-16(3)22(19)25-23(26)17(4)28-24(27)21-14-8-11-18-10-5-6-12-20(18)21/h5-15,17H,1-4H3,(H,25,26)/t17-/m1/s1. The maximum Gasteiger partial charge on any atom is 0.339 e. The SMILES string of the molecule is Cc1cccc(C(C)C)c1NC(=O)[C@@H](C)OC(=O)c1cccc2ccccc12. The fourth-order valence-corrected chi connectivity index (χ4v) is 3.25. The Morgan fingerprint density at radius 1 is 0.893 bits per heavy atom. The van der Waals surface area contributed by atoms with Crippen molar-refractivity contribution in [3.63, 3.8) is 0 Å². The quantitative estimate of drug-likeness (QED) is 0.603. The summed E-state index contributed by atoms with van der Waals surface area (Å²) in [5.41, 5.74) is 3.28. The molecule has 0 aromatic heterocycles. The first-order chi connectivity index (χ1) is 13.4. The number of hydrogen-bond acceptors (Lipinski definition) is 3. The number of carbonyl (C=O) groups excluding carboxylic acids is 2. The molecule has 1 atom stereocenters. The van der Waals surface area contributed by atoms with Crippen LogP contribution in [0.1, 0.15) is 48.2 Å². The zero-order valence-electron chi connectivity index (χ0n) is 16.7. The van der Waals surface area contributed by atoms with Crippen LogP contribution >= 0.6 is 0 Å². The Bertz CT molecular complexity index is 1020. The highest BCUT2D eigenvalue weighted by molar-refractivity contribution is 6.05.